The molecule has 1 aromatic carbocycles. The normalized spacial score (nSPS) is 20.6. The second-order valence-electron chi connectivity index (χ2n) is 5.45. The predicted octanol–water partition coefficient (Wildman–Crippen LogP) is 2.08. The maximum atomic E-state index is 14.4. The SMILES string of the molecule is CCCNC(C)c1c(F)cccc1N1CCOCC1CO. The Labute approximate surface area is 125 Å². The Morgan fingerprint density at radius 1 is 1.52 bits per heavy atom. The van der Waals surface area contributed by atoms with Crippen molar-refractivity contribution < 1.29 is 14.2 Å². The standard InChI is InChI=1S/C16H25FN2O2/c1-3-7-18-12(2)16-14(17)5-4-6-15(16)19-8-9-21-11-13(19)10-20/h4-6,12-13,18,20H,3,7-11H2,1-2H3. The van der Waals surface area contributed by atoms with Gasteiger partial charge in [0.05, 0.1) is 25.9 Å². The molecule has 0 aliphatic carbocycles. The van der Waals surface area contributed by atoms with Crippen molar-refractivity contribution in [2.24, 2.45) is 0 Å². The summed E-state index contributed by atoms with van der Waals surface area (Å²) in [6.45, 7) is 6.67. The Kier molecular flexibility index (Phi) is 5.96. The van der Waals surface area contributed by atoms with Crippen molar-refractivity contribution >= 4 is 5.69 Å². The molecule has 2 atom stereocenters. The molecular weight excluding hydrogens is 271 g/mol. The summed E-state index contributed by atoms with van der Waals surface area (Å²) in [5, 5.41) is 12.9. The molecule has 118 valence electrons. The molecule has 1 aliphatic heterocycles. The van der Waals surface area contributed by atoms with E-state index in [0.717, 1.165) is 18.7 Å². The maximum Gasteiger partial charge on any atom is 0.130 e. The fourth-order valence-corrected chi connectivity index (χ4v) is 2.79. The van der Waals surface area contributed by atoms with Crippen LogP contribution in [0.3, 0.4) is 0 Å². The molecule has 0 spiro atoms. The summed E-state index contributed by atoms with van der Waals surface area (Å²) < 4.78 is 19.8. The number of hydrogen-bond acceptors (Lipinski definition) is 4. The topological polar surface area (TPSA) is 44.7 Å². The molecule has 0 amide bonds. The zero-order valence-corrected chi connectivity index (χ0v) is 12.8. The van der Waals surface area contributed by atoms with E-state index in [-0.39, 0.29) is 24.5 Å². The third-order valence-corrected chi connectivity index (χ3v) is 3.91. The number of nitrogens with one attached hydrogen (secondary N) is 1. The molecule has 2 rings (SSSR count). The van der Waals surface area contributed by atoms with Gasteiger partial charge >= 0.3 is 0 Å². The number of ether oxygens (including phenoxy) is 1. The molecule has 0 aromatic heterocycles. The van der Waals surface area contributed by atoms with Crippen LogP contribution in [0.15, 0.2) is 18.2 Å². The van der Waals surface area contributed by atoms with Gasteiger partial charge in [0, 0.05) is 23.8 Å². The lowest BCUT2D eigenvalue weighted by atomic mass is 10.0. The number of rotatable bonds is 6. The van der Waals surface area contributed by atoms with Gasteiger partial charge in [0.1, 0.15) is 5.82 Å². The highest BCUT2D eigenvalue weighted by Gasteiger charge is 2.27. The van der Waals surface area contributed by atoms with Gasteiger partial charge in [0.25, 0.3) is 0 Å². The minimum Gasteiger partial charge on any atom is -0.394 e. The first-order valence-corrected chi connectivity index (χ1v) is 7.66. The average molecular weight is 296 g/mol. The molecule has 0 radical (unpaired) electrons. The number of aliphatic hydroxyl groups is 1. The zero-order chi connectivity index (χ0) is 15.2. The highest BCUT2D eigenvalue weighted by Crippen LogP contribution is 2.31. The summed E-state index contributed by atoms with van der Waals surface area (Å²) in [6.07, 6.45) is 1.00. The Bertz CT molecular complexity index is 456. The summed E-state index contributed by atoms with van der Waals surface area (Å²) >= 11 is 0. The summed E-state index contributed by atoms with van der Waals surface area (Å²) in [5.74, 6) is -0.202. The molecular formula is C16H25FN2O2. The second-order valence-corrected chi connectivity index (χ2v) is 5.45. The molecule has 1 fully saturated rings. The number of morpholine rings is 1. The predicted molar refractivity (Wildman–Crippen MR) is 82.1 cm³/mol. The van der Waals surface area contributed by atoms with E-state index in [4.69, 9.17) is 4.74 Å². The van der Waals surface area contributed by atoms with E-state index in [1.165, 1.54) is 6.07 Å². The van der Waals surface area contributed by atoms with Crippen LogP contribution in [0.1, 0.15) is 31.9 Å². The lowest BCUT2D eigenvalue weighted by Crippen LogP contribution is -2.48. The van der Waals surface area contributed by atoms with Gasteiger partial charge in [-0.05, 0) is 32.0 Å². The second kappa shape index (κ2) is 7.73. The number of halogens is 1. The summed E-state index contributed by atoms with van der Waals surface area (Å²) in [4.78, 5) is 2.06. The average Bonchev–Trinajstić information content (AvgIpc) is 2.52. The van der Waals surface area contributed by atoms with Crippen molar-refractivity contribution in [1.29, 1.82) is 0 Å². The van der Waals surface area contributed by atoms with E-state index in [9.17, 15) is 9.50 Å². The van der Waals surface area contributed by atoms with Gasteiger partial charge in [0.15, 0.2) is 0 Å². The van der Waals surface area contributed by atoms with Crippen LogP contribution >= 0.6 is 0 Å². The van der Waals surface area contributed by atoms with Crippen molar-refractivity contribution in [1.82, 2.24) is 5.32 Å². The van der Waals surface area contributed by atoms with Gasteiger partial charge in [-0.15, -0.1) is 0 Å². The smallest absolute Gasteiger partial charge is 0.130 e. The van der Waals surface area contributed by atoms with Gasteiger partial charge in [-0.25, -0.2) is 4.39 Å². The van der Waals surface area contributed by atoms with Gasteiger partial charge in [0.2, 0.25) is 0 Å². The molecule has 1 heterocycles. The quantitative estimate of drug-likeness (QED) is 0.844. The van der Waals surface area contributed by atoms with Gasteiger partial charge in [-0.2, -0.15) is 0 Å². The van der Waals surface area contributed by atoms with Crippen molar-refractivity contribution in [3.8, 4) is 0 Å². The summed E-state index contributed by atoms with van der Waals surface area (Å²) in [5.41, 5.74) is 1.53. The number of nitrogens with zero attached hydrogens (tertiary/aromatic N) is 1. The van der Waals surface area contributed by atoms with E-state index in [2.05, 4.69) is 17.1 Å². The number of aliphatic hydroxyl groups excluding tert-OH is 1. The molecule has 4 nitrogen and oxygen atoms in total. The van der Waals surface area contributed by atoms with E-state index in [1.54, 1.807) is 6.07 Å². The molecule has 2 unspecified atom stereocenters. The first-order chi connectivity index (χ1) is 10.2. The van der Waals surface area contributed by atoms with Crippen LogP contribution in [0.5, 0.6) is 0 Å². The van der Waals surface area contributed by atoms with Crippen LogP contribution in [-0.4, -0.2) is 44.1 Å². The van der Waals surface area contributed by atoms with Crippen LogP contribution < -0.4 is 10.2 Å². The van der Waals surface area contributed by atoms with Crippen LogP contribution in [0.4, 0.5) is 10.1 Å². The minimum absolute atomic E-state index is 0.00667. The van der Waals surface area contributed by atoms with Crippen LogP contribution in [0, 0.1) is 5.82 Å². The molecule has 0 saturated carbocycles. The number of hydrogen-bond donors (Lipinski definition) is 2. The number of benzene rings is 1. The van der Waals surface area contributed by atoms with Crippen LogP contribution in [-0.2, 0) is 4.74 Å². The fraction of sp³-hybridized carbons (Fsp3) is 0.625. The lowest BCUT2D eigenvalue weighted by molar-refractivity contribution is 0.0725. The van der Waals surface area contributed by atoms with Crippen molar-refractivity contribution in [3.63, 3.8) is 0 Å². The van der Waals surface area contributed by atoms with Gasteiger partial charge in [-0.3, -0.25) is 0 Å². The van der Waals surface area contributed by atoms with Crippen molar-refractivity contribution in [2.45, 2.75) is 32.4 Å². The van der Waals surface area contributed by atoms with Crippen molar-refractivity contribution in [3.05, 3.63) is 29.6 Å². The minimum atomic E-state index is -0.202. The highest BCUT2D eigenvalue weighted by molar-refractivity contribution is 5.56. The first-order valence-electron chi connectivity index (χ1n) is 7.66. The van der Waals surface area contributed by atoms with E-state index >= 15 is 0 Å². The third-order valence-electron chi connectivity index (χ3n) is 3.91. The largest absolute Gasteiger partial charge is 0.394 e. The van der Waals surface area contributed by atoms with Crippen molar-refractivity contribution in [2.75, 3.05) is 37.8 Å². The van der Waals surface area contributed by atoms with Gasteiger partial charge in [-0.1, -0.05) is 13.0 Å². The molecule has 1 aromatic rings. The Morgan fingerprint density at radius 2 is 2.33 bits per heavy atom. The monoisotopic (exact) mass is 296 g/mol. The highest BCUT2D eigenvalue weighted by atomic mass is 19.1. The summed E-state index contributed by atoms with van der Waals surface area (Å²) in [6, 6.07) is 4.97. The first kappa shape index (κ1) is 16.2. The molecule has 21 heavy (non-hydrogen) atoms. The molecule has 1 saturated heterocycles. The van der Waals surface area contributed by atoms with E-state index < -0.39 is 0 Å². The number of anilines is 1. The Hall–Kier alpha value is -1.17. The maximum absolute atomic E-state index is 14.4. The van der Waals surface area contributed by atoms with Crippen LogP contribution in [0.25, 0.3) is 0 Å². The summed E-state index contributed by atoms with van der Waals surface area (Å²) in [7, 11) is 0. The molecule has 1 aliphatic rings. The van der Waals surface area contributed by atoms with Gasteiger partial charge < -0.3 is 20.1 Å². The molecule has 5 heteroatoms. The van der Waals surface area contributed by atoms with E-state index in [1.807, 2.05) is 13.0 Å². The zero-order valence-electron chi connectivity index (χ0n) is 12.8. The fourth-order valence-electron chi connectivity index (χ4n) is 2.79. The van der Waals surface area contributed by atoms with E-state index in [0.29, 0.717) is 25.3 Å². The Balaban J connectivity index is 2.31. The third kappa shape index (κ3) is 3.73. The van der Waals surface area contributed by atoms with Crippen LogP contribution in [0.2, 0.25) is 0 Å². The molecule has 2 N–H and O–H groups in total. The molecule has 0 bridgehead atoms. The Morgan fingerprint density at radius 3 is 3.05 bits per heavy atom. The lowest BCUT2D eigenvalue weighted by Gasteiger charge is -2.38.